The summed E-state index contributed by atoms with van der Waals surface area (Å²) in [4.78, 5) is 1.88. The first kappa shape index (κ1) is 13.8. The van der Waals surface area contributed by atoms with Gasteiger partial charge in [0.25, 0.3) is 0 Å². The zero-order valence-electron chi connectivity index (χ0n) is 9.78. The Morgan fingerprint density at radius 3 is 2.56 bits per heavy atom. The van der Waals surface area contributed by atoms with Gasteiger partial charge < -0.3 is 5.11 Å². The third-order valence-electron chi connectivity index (χ3n) is 2.50. The van der Waals surface area contributed by atoms with Crippen LogP contribution in [0.25, 0.3) is 0 Å². The van der Waals surface area contributed by atoms with Crippen LogP contribution in [0, 0.1) is 6.92 Å². The lowest BCUT2D eigenvalue weighted by molar-refractivity contribution is 0.279. The minimum absolute atomic E-state index is 0.0161. The minimum Gasteiger partial charge on any atom is -0.392 e. The molecule has 2 aromatic carbocycles. The molecule has 2 rings (SSSR count). The number of halogens is 2. The Morgan fingerprint density at radius 2 is 1.83 bits per heavy atom. The molecule has 4 heteroatoms. The smallest absolute Gasteiger partial charge is 0.0692 e. The van der Waals surface area contributed by atoms with E-state index in [0.29, 0.717) is 10.0 Å². The highest BCUT2D eigenvalue weighted by atomic mass is 35.5. The van der Waals surface area contributed by atoms with Crippen molar-refractivity contribution in [3.8, 4) is 0 Å². The summed E-state index contributed by atoms with van der Waals surface area (Å²) < 4.78 is 0. The topological polar surface area (TPSA) is 20.2 Å². The van der Waals surface area contributed by atoms with E-state index in [1.54, 1.807) is 12.1 Å². The van der Waals surface area contributed by atoms with Gasteiger partial charge in [-0.05, 0) is 36.8 Å². The highest BCUT2D eigenvalue weighted by Crippen LogP contribution is 2.36. The lowest BCUT2D eigenvalue weighted by atomic mass is 10.1. The Hall–Kier alpha value is -0.670. The molecule has 0 fully saturated rings. The van der Waals surface area contributed by atoms with Gasteiger partial charge in [0.05, 0.1) is 11.6 Å². The second kappa shape index (κ2) is 5.98. The molecule has 0 radical (unpaired) electrons. The Morgan fingerprint density at radius 1 is 1.06 bits per heavy atom. The van der Waals surface area contributed by atoms with E-state index in [-0.39, 0.29) is 6.61 Å². The molecule has 2 aromatic rings. The molecule has 94 valence electrons. The lowest BCUT2D eigenvalue weighted by Gasteiger charge is -2.09. The molecule has 18 heavy (non-hydrogen) atoms. The van der Waals surface area contributed by atoms with E-state index in [9.17, 15) is 5.11 Å². The number of aryl methyl sites for hydroxylation is 1. The molecule has 0 unspecified atom stereocenters. The number of hydrogen-bond donors (Lipinski definition) is 1. The summed E-state index contributed by atoms with van der Waals surface area (Å²) >= 11 is 13.6. The predicted molar refractivity (Wildman–Crippen MR) is 77.7 cm³/mol. The minimum atomic E-state index is 0.0161. The molecule has 0 aliphatic carbocycles. The molecule has 0 aliphatic rings. The molecule has 0 heterocycles. The third kappa shape index (κ3) is 3.21. The molecule has 1 nitrogen and oxygen atoms in total. The Kier molecular flexibility index (Phi) is 4.57. The Balaban J connectivity index is 2.36. The highest BCUT2D eigenvalue weighted by Gasteiger charge is 2.08. The van der Waals surface area contributed by atoms with Crippen molar-refractivity contribution in [1.82, 2.24) is 0 Å². The molecule has 0 atom stereocenters. The maximum absolute atomic E-state index is 9.37. The SMILES string of the molecule is Cc1ccc(Sc2cc(Cl)ccc2Cl)c(CO)c1. The summed E-state index contributed by atoms with van der Waals surface area (Å²) in [5.41, 5.74) is 2.02. The molecule has 0 amide bonds. The fraction of sp³-hybridized carbons (Fsp3) is 0.143. The van der Waals surface area contributed by atoms with E-state index in [1.807, 2.05) is 31.2 Å². The average molecular weight is 299 g/mol. The van der Waals surface area contributed by atoms with Gasteiger partial charge in [-0.1, -0.05) is 52.7 Å². The maximum Gasteiger partial charge on any atom is 0.0692 e. The van der Waals surface area contributed by atoms with Gasteiger partial charge in [0.1, 0.15) is 0 Å². The second-order valence-electron chi connectivity index (χ2n) is 3.95. The Bertz CT molecular complexity index is 570. The number of aliphatic hydroxyl groups excluding tert-OH is 1. The van der Waals surface area contributed by atoms with E-state index in [0.717, 1.165) is 20.9 Å². The van der Waals surface area contributed by atoms with Crippen molar-refractivity contribution in [2.75, 3.05) is 0 Å². The van der Waals surface area contributed by atoms with Gasteiger partial charge in [0.15, 0.2) is 0 Å². The molecule has 0 spiro atoms. The van der Waals surface area contributed by atoms with Crippen molar-refractivity contribution in [3.63, 3.8) is 0 Å². The summed E-state index contributed by atoms with van der Waals surface area (Å²) in [7, 11) is 0. The Labute approximate surface area is 121 Å². The molecular formula is C14H12Cl2OS. The van der Waals surface area contributed by atoms with Crippen molar-refractivity contribution in [2.24, 2.45) is 0 Å². The van der Waals surface area contributed by atoms with Crippen LogP contribution >= 0.6 is 35.0 Å². The van der Waals surface area contributed by atoms with E-state index < -0.39 is 0 Å². The van der Waals surface area contributed by atoms with Gasteiger partial charge >= 0.3 is 0 Å². The van der Waals surface area contributed by atoms with Crippen LogP contribution in [-0.4, -0.2) is 5.11 Å². The summed E-state index contributed by atoms with van der Waals surface area (Å²) in [6.45, 7) is 2.02. The molecule has 0 aliphatic heterocycles. The maximum atomic E-state index is 9.37. The van der Waals surface area contributed by atoms with E-state index >= 15 is 0 Å². The first-order valence-electron chi connectivity index (χ1n) is 5.43. The van der Waals surface area contributed by atoms with Gasteiger partial charge in [-0.25, -0.2) is 0 Å². The van der Waals surface area contributed by atoms with Crippen molar-refractivity contribution >= 4 is 35.0 Å². The van der Waals surface area contributed by atoms with Gasteiger partial charge in [-0.15, -0.1) is 0 Å². The molecule has 0 saturated heterocycles. The van der Waals surface area contributed by atoms with Crippen LogP contribution in [0.1, 0.15) is 11.1 Å². The molecule has 1 N–H and O–H groups in total. The van der Waals surface area contributed by atoms with Gasteiger partial charge in [0.2, 0.25) is 0 Å². The van der Waals surface area contributed by atoms with E-state index in [1.165, 1.54) is 11.8 Å². The molecular weight excluding hydrogens is 287 g/mol. The average Bonchev–Trinajstić information content (AvgIpc) is 2.36. The van der Waals surface area contributed by atoms with Crippen LogP contribution in [0.5, 0.6) is 0 Å². The van der Waals surface area contributed by atoms with Crippen molar-refractivity contribution in [1.29, 1.82) is 0 Å². The van der Waals surface area contributed by atoms with Crippen molar-refractivity contribution < 1.29 is 5.11 Å². The second-order valence-corrected chi connectivity index (χ2v) is 5.87. The van der Waals surface area contributed by atoms with Crippen molar-refractivity contribution in [3.05, 3.63) is 57.6 Å². The van der Waals surface area contributed by atoms with Crippen molar-refractivity contribution in [2.45, 2.75) is 23.3 Å². The van der Waals surface area contributed by atoms with E-state index in [2.05, 4.69) is 0 Å². The number of aliphatic hydroxyl groups is 1. The zero-order valence-corrected chi connectivity index (χ0v) is 12.1. The summed E-state index contributed by atoms with van der Waals surface area (Å²) in [6.07, 6.45) is 0. The number of benzene rings is 2. The van der Waals surface area contributed by atoms with Crippen LogP contribution in [-0.2, 0) is 6.61 Å². The predicted octanol–water partition coefficient (Wildman–Crippen LogP) is 4.95. The van der Waals surface area contributed by atoms with Gasteiger partial charge in [0, 0.05) is 14.8 Å². The highest BCUT2D eigenvalue weighted by molar-refractivity contribution is 7.99. The number of hydrogen-bond acceptors (Lipinski definition) is 2. The van der Waals surface area contributed by atoms with Crippen LogP contribution in [0.2, 0.25) is 10.0 Å². The van der Waals surface area contributed by atoms with Gasteiger partial charge in [-0.3, -0.25) is 0 Å². The summed E-state index contributed by atoms with van der Waals surface area (Å²) in [5, 5.41) is 10.7. The normalized spacial score (nSPS) is 10.7. The number of rotatable bonds is 3. The van der Waals surface area contributed by atoms with Crippen LogP contribution in [0.4, 0.5) is 0 Å². The summed E-state index contributed by atoms with van der Waals surface area (Å²) in [6, 6.07) is 11.3. The first-order valence-corrected chi connectivity index (χ1v) is 7.00. The fourth-order valence-corrected chi connectivity index (χ4v) is 3.05. The molecule has 0 bridgehead atoms. The van der Waals surface area contributed by atoms with Crippen LogP contribution < -0.4 is 0 Å². The quantitative estimate of drug-likeness (QED) is 0.865. The largest absolute Gasteiger partial charge is 0.392 e. The fourth-order valence-electron chi connectivity index (χ4n) is 1.61. The third-order valence-corrected chi connectivity index (χ3v) is 4.35. The summed E-state index contributed by atoms with van der Waals surface area (Å²) in [5.74, 6) is 0. The van der Waals surface area contributed by atoms with Crippen LogP contribution in [0.15, 0.2) is 46.2 Å². The first-order chi connectivity index (χ1) is 8.60. The van der Waals surface area contributed by atoms with Crippen LogP contribution in [0.3, 0.4) is 0 Å². The lowest BCUT2D eigenvalue weighted by Crippen LogP contribution is -1.89. The monoisotopic (exact) mass is 298 g/mol. The standard InChI is InChI=1S/C14H12Cl2OS/c1-9-2-5-13(10(6-9)8-17)18-14-7-11(15)3-4-12(14)16/h2-7,17H,8H2,1H3. The zero-order chi connectivity index (χ0) is 13.1. The molecule has 0 saturated carbocycles. The molecule has 0 aromatic heterocycles. The van der Waals surface area contributed by atoms with Gasteiger partial charge in [-0.2, -0.15) is 0 Å². The van der Waals surface area contributed by atoms with E-state index in [4.69, 9.17) is 23.2 Å².